The predicted molar refractivity (Wildman–Crippen MR) is 96.1 cm³/mol. The minimum Gasteiger partial charge on any atom is -0.368 e. The van der Waals surface area contributed by atoms with Crippen molar-refractivity contribution in [1.29, 1.82) is 0 Å². The highest BCUT2D eigenvalue weighted by molar-refractivity contribution is 5.56. The molecule has 1 atom stereocenters. The Morgan fingerprint density at radius 3 is 2.23 bits per heavy atom. The maximum atomic E-state index is 12.7. The first-order valence-corrected chi connectivity index (χ1v) is 8.48. The fourth-order valence-corrected chi connectivity index (χ4v) is 3.13. The maximum Gasteiger partial charge on any atom is 0.417 e. The normalized spacial score (nSPS) is 16.7. The van der Waals surface area contributed by atoms with Gasteiger partial charge in [-0.1, -0.05) is 18.2 Å². The van der Waals surface area contributed by atoms with Crippen LogP contribution in [0, 0.1) is 0 Å². The van der Waals surface area contributed by atoms with Gasteiger partial charge in [-0.25, -0.2) is 4.98 Å². The highest BCUT2D eigenvalue weighted by Gasteiger charge is 2.31. The van der Waals surface area contributed by atoms with E-state index in [0.717, 1.165) is 36.6 Å². The molecular formula is C18H22F3N5. The standard InChI is InChI=1S/C18H22F3N5/c19-18(20,21)13-5-6-17(24-12-13)26-9-7-25(8-10-26)16-4-2-1-3-14(16)15(23)11-22/h1-6,12,15H,7-11,22-23H2. The molecule has 0 amide bonds. The Kier molecular flexibility index (Phi) is 5.33. The van der Waals surface area contributed by atoms with E-state index in [4.69, 9.17) is 11.5 Å². The van der Waals surface area contributed by atoms with E-state index < -0.39 is 11.7 Å². The Balaban J connectivity index is 1.68. The summed E-state index contributed by atoms with van der Waals surface area (Å²) in [4.78, 5) is 8.19. The smallest absolute Gasteiger partial charge is 0.368 e. The van der Waals surface area contributed by atoms with E-state index >= 15 is 0 Å². The highest BCUT2D eigenvalue weighted by Crippen LogP contribution is 2.30. The Morgan fingerprint density at radius 2 is 1.65 bits per heavy atom. The third-order valence-corrected chi connectivity index (χ3v) is 4.61. The molecule has 140 valence electrons. The minimum absolute atomic E-state index is 0.221. The zero-order chi connectivity index (χ0) is 18.7. The lowest BCUT2D eigenvalue weighted by molar-refractivity contribution is -0.137. The van der Waals surface area contributed by atoms with Crippen molar-refractivity contribution in [2.24, 2.45) is 11.5 Å². The first kappa shape index (κ1) is 18.5. The number of rotatable bonds is 4. The number of alkyl halides is 3. The van der Waals surface area contributed by atoms with E-state index in [1.165, 1.54) is 6.07 Å². The van der Waals surface area contributed by atoms with E-state index in [-0.39, 0.29) is 6.04 Å². The molecule has 1 aromatic heterocycles. The predicted octanol–water partition coefficient (Wildman–Crippen LogP) is 2.39. The number of hydrogen-bond acceptors (Lipinski definition) is 5. The van der Waals surface area contributed by atoms with Crippen LogP contribution in [0.3, 0.4) is 0 Å². The quantitative estimate of drug-likeness (QED) is 0.871. The van der Waals surface area contributed by atoms with Crippen LogP contribution in [0.15, 0.2) is 42.6 Å². The van der Waals surface area contributed by atoms with Gasteiger partial charge in [0.2, 0.25) is 0 Å². The van der Waals surface area contributed by atoms with Crippen LogP contribution in [0.1, 0.15) is 17.2 Å². The van der Waals surface area contributed by atoms with Gasteiger partial charge in [0.25, 0.3) is 0 Å². The molecule has 1 unspecified atom stereocenters. The van der Waals surface area contributed by atoms with Gasteiger partial charge >= 0.3 is 6.18 Å². The summed E-state index contributed by atoms with van der Waals surface area (Å²) < 4.78 is 38.0. The first-order chi connectivity index (χ1) is 12.4. The average molecular weight is 365 g/mol. The van der Waals surface area contributed by atoms with Crippen molar-refractivity contribution in [3.8, 4) is 0 Å². The second-order valence-corrected chi connectivity index (χ2v) is 6.28. The number of halogens is 3. The Labute approximate surface area is 150 Å². The van der Waals surface area contributed by atoms with Gasteiger partial charge in [0, 0.05) is 50.6 Å². The molecule has 26 heavy (non-hydrogen) atoms. The van der Waals surface area contributed by atoms with Crippen LogP contribution < -0.4 is 21.3 Å². The number of aromatic nitrogens is 1. The minimum atomic E-state index is -4.37. The van der Waals surface area contributed by atoms with E-state index in [2.05, 4.69) is 9.88 Å². The number of piperazine rings is 1. The van der Waals surface area contributed by atoms with Crippen LogP contribution in [0.25, 0.3) is 0 Å². The number of benzene rings is 1. The Morgan fingerprint density at radius 1 is 1.00 bits per heavy atom. The molecule has 2 heterocycles. The van der Waals surface area contributed by atoms with Crippen LogP contribution in [0.4, 0.5) is 24.7 Å². The van der Waals surface area contributed by atoms with E-state index in [0.29, 0.717) is 25.5 Å². The number of para-hydroxylation sites is 1. The van der Waals surface area contributed by atoms with Crippen molar-refractivity contribution in [3.05, 3.63) is 53.7 Å². The van der Waals surface area contributed by atoms with Crippen LogP contribution in [0.5, 0.6) is 0 Å². The summed E-state index contributed by atoms with van der Waals surface area (Å²) >= 11 is 0. The molecule has 1 aliphatic rings. The second-order valence-electron chi connectivity index (χ2n) is 6.28. The molecular weight excluding hydrogens is 343 g/mol. The molecule has 0 aliphatic carbocycles. The topological polar surface area (TPSA) is 71.4 Å². The second kappa shape index (κ2) is 7.51. The summed E-state index contributed by atoms with van der Waals surface area (Å²) in [5.41, 5.74) is 13.1. The monoisotopic (exact) mass is 365 g/mol. The number of nitrogens with two attached hydrogens (primary N) is 2. The summed E-state index contributed by atoms with van der Waals surface area (Å²) in [6, 6.07) is 10.2. The molecule has 4 N–H and O–H groups in total. The van der Waals surface area contributed by atoms with Crippen molar-refractivity contribution in [2.45, 2.75) is 12.2 Å². The molecule has 5 nitrogen and oxygen atoms in total. The zero-order valence-corrected chi connectivity index (χ0v) is 14.3. The molecule has 1 fully saturated rings. The number of hydrogen-bond donors (Lipinski definition) is 2. The van der Waals surface area contributed by atoms with Crippen LogP contribution in [0.2, 0.25) is 0 Å². The van der Waals surface area contributed by atoms with Crippen molar-refractivity contribution >= 4 is 11.5 Å². The average Bonchev–Trinajstić information content (AvgIpc) is 2.67. The van der Waals surface area contributed by atoms with Crippen molar-refractivity contribution in [1.82, 2.24) is 4.98 Å². The lowest BCUT2D eigenvalue weighted by Gasteiger charge is -2.38. The Hall–Kier alpha value is -2.32. The van der Waals surface area contributed by atoms with Gasteiger partial charge in [-0.15, -0.1) is 0 Å². The van der Waals surface area contributed by atoms with Crippen molar-refractivity contribution in [2.75, 3.05) is 42.5 Å². The molecule has 0 radical (unpaired) electrons. The molecule has 8 heteroatoms. The van der Waals surface area contributed by atoms with Crippen LogP contribution >= 0.6 is 0 Å². The SMILES string of the molecule is NCC(N)c1ccccc1N1CCN(c2ccc(C(F)(F)F)cn2)CC1. The maximum absolute atomic E-state index is 12.7. The third kappa shape index (κ3) is 3.91. The van der Waals surface area contributed by atoms with E-state index in [9.17, 15) is 13.2 Å². The van der Waals surface area contributed by atoms with Gasteiger partial charge in [-0.2, -0.15) is 13.2 Å². The lowest BCUT2D eigenvalue weighted by atomic mass is 10.0. The first-order valence-electron chi connectivity index (χ1n) is 8.48. The number of nitrogens with zero attached hydrogens (tertiary/aromatic N) is 3. The summed E-state index contributed by atoms with van der Waals surface area (Å²) in [6.45, 7) is 3.18. The van der Waals surface area contributed by atoms with Gasteiger partial charge in [0.05, 0.1) is 5.56 Å². The molecule has 3 rings (SSSR count). The molecule has 1 aromatic carbocycles. The van der Waals surface area contributed by atoms with E-state index in [1.807, 2.05) is 29.2 Å². The Bertz CT molecular complexity index is 724. The fraction of sp³-hybridized carbons (Fsp3) is 0.389. The lowest BCUT2D eigenvalue weighted by Crippen LogP contribution is -2.47. The van der Waals surface area contributed by atoms with E-state index in [1.54, 1.807) is 0 Å². The summed E-state index contributed by atoms with van der Waals surface area (Å²) in [5, 5.41) is 0. The van der Waals surface area contributed by atoms with Gasteiger partial charge in [-0.3, -0.25) is 0 Å². The largest absolute Gasteiger partial charge is 0.417 e. The highest BCUT2D eigenvalue weighted by atomic mass is 19.4. The van der Waals surface area contributed by atoms with Gasteiger partial charge < -0.3 is 21.3 Å². The molecule has 0 saturated carbocycles. The van der Waals surface area contributed by atoms with Gasteiger partial charge in [0.1, 0.15) is 5.82 Å². The fourth-order valence-electron chi connectivity index (χ4n) is 3.13. The van der Waals surface area contributed by atoms with Gasteiger partial charge in [-0.05, 0) is 23.8 Å². The number of pyridine rings is 1. The zero-order valence-electron chi connectivity index (χ0n) is 14.3. The molecule has 0 spiro atoms. The summed E-state index contributed by atoms with van der Waals surface area (Å²) in [7, 11) is 0. The van der Waals surface area contributed by atoms with Crippen molar-refractivity contribution in [3.63, 3.8) is 0 Å². The third-order valence-electron chi connectivity index (χ3n) is 4.61. The van der Waals surface area contributed by atoms with Gasteiger partial charge in [0.15, 0.2) is 0 Å². The summed E-state index contributed by atoms with van der Waals surface area (Å²) in [5.74, 6) is 0.560. The van der Waals surface area contributed by atoms with Crippen LogP contribution in [-0.2, 0) is 6.18 Å². The summed E-state index contributed by atoms with van der Waals surface area (Å²) in [6.07, 6.45) is -3.48. The number of anilines is 2. The molecule has 1 saturated heterocycles. The molecule has 1 aliphatic heterocycles. The molecule has 2 aromatic rings. The van der Waals surface area contributed by atoms with Crippen LogP contribution in [-0.4, -0.2) is 37.7 Å². The van der Waals surface area contributed by atoms with Crippen molar-refractivity contribution < 1.29 is 13.2 Å². The molecule has 0 bridgehead atoms.